The third-order valence-corrected chi connectivity index (χ3v) is 4.67. The molecule has 0 spiro atoms. The minimum absolute atomic E-state index is 0.303. The SMILES string of the molecule is CC(C)(C)OC(=O)c1ccc(NC2CCCCC2)c(Nc2ccccc2)c1. The van der Waals surface area contributed by atoms with Crippen LogP contribution in [0.25, 0.3) is 0 Å². The lowest BCUT2D eigenvalue weighted by Crippen LogP contribution is -2.24. The highest BCUT2D eigenvalue weighted by Gasteiger charge is 2.20. The van der Waals surface area contributed by atoms with Gasteiger partial charge in [0.2, 0.25) is 0 Å². The van der Waals surface area contributed by atoms with E-state index in [0.29, 0.717) is 11.6 Å². The number of anilines is 3. The Bertz CT molecular complexity index is 760. The predicted octanol–water partition coefficient (Wildman–Crippen LogP) is 6.13. The van der Waals surface area contributed by atoms with Gasteiger partial charge in [-0.15, -0.1) is 0 Å². The van der Waals surface area contributed by atoms with Crippen molar-refractivity contribution in [1.29, 1.82) is 0 Å². The van der Waals surface area contributed by atoms with Gasteiger partial charge in [0.1, 0.15) is 5.60 Å². The zero-order chi connectivity index (χ0) is 19.3. The number of esters is 1. The number of carbonyl (C=O) groups excluding carboxylic acids is 1. The van der Waals surface area contributed by atoms with E-state index in [1.165, 1.54) is 32.1 Å². The van der Waals surface area contributed by atoms with Gasteiger partial charge in [-0.25, -0.2) is 4.79 Å². The van der Waals surface area contributed by atoms with E-state index in [1.54, 1.807) is 0 Å². The van der Waals surface area contributed by atoms with Crippen molar-refractivity contribution in [1.82, 2.24) is 0 Å². The van der Waals surface area contributed by atoms with Crippen LogP contribution < -0.4 is 10.6 Å². The van der Waals surface area contributed by atoms with Crippen molar-refractivity contribution in [3.8, 4) is 0 Å². The number of para-hydroxylation sites is 1. The van der Waals surface area contributed by atoms with Crippen LogP contribution >= 0.6 is 0 Å². The van der Waals surface area contributed by atoms with E-state index in [1.807, 2.05) is 69.3 Å². The van der Waals surface area contributed by atoms with Crippen molar-refractivity contribution in [2.75, 3.05) is 10.6 Å². The molecule has 2 N–H and O–H groups in total. The lowest BCUT2D eigenvalue weighted by atomic mass is 9.95. The highest BCUT2D eigenvalue weighted by atomic mass is 16.6. The van der Waals surface area contributed by atoms with E-state index in [-0.39, 0.29) is 5.97 Å². The largest absolute Gasteiger partial charge is 0.456 e. The number of benzene rings is 2. The molecule has 144 valence electrons. The molecular formula is C23H30N2O2. The Morgan fingerprint density at radius 3 is 2.33 bits per heavy atom. The molecule has 0 aliphatic heterocycles. The number of nitrogens with one attached hydrogen (secondary N) is 2. The maximum atomic E-state index is 12.5. The van der Waals surface area contributed by atoms with E-state index in [0.717, 1.165) is 17.1 Å². The standard InChI is InChI=1S/C23H30N2O2/c1-23(2,3)27-22(26)17-14-15-20(24-18-10-6-4-7-11-18)21(16-17)25-19-12-8-5-9-13-19/h5,8-9,12-16,18,24-25H,4,6-7,10-11H2,1-3H3. The van der Waals surface area contributed by atoms with E-state index in [2.05, 4.69) is 10.6 Å². The van der Waals surface area contributed by atoms with Crippen molar-refractivity contribution in [3.63, 3.8) is 0 Å². The van der Waals surface area contributed by atoms with Crippen molar-refractivity contribution in [2.45, 2.75) is 64.5 Å². The second-order valence-electron chi connectivity index (χ2n) is 8.23. The van der Waals surface area contributed by atoms with Gasteiger partial charge in [-0.1, -0.05) is 37.5 Å². The molecule has 0 bridgehead atoms. The fraction of sp³-hybridized carbons (Fsp3) is 0.435. The van der Waals surface area contributed by atoms with Gasteiger partial charge in [-0.3, -0.25) is 0 Å². The molecule has 2 aromatic carbocycles. The van der Waals surface area contributed by atoms with Gasteiger partial charge in [0, 0.05) is 11.7 Å². The van der Waals surface area contributed by atoms with Gasteiger partial charge < -0.3 is 15.4 Å². The number of hydrogen-bond donors (Lipinski definition) is 2. The topological polar surface area (TPSA) is 50.4 Å². The average Bonchev–Trinajstić information content (AvgIpc) is 2.63. The molecule has 3 rings (SSSR count). The van der Waals surface area contributed by atoms with Crippen LogP contribution in [0.3, 0.4) is 0 Å². The number of rotatable bonds is 5. The molecule has 0 atom stereocenters. The smallest absolute Gasteiger partial charge is 0.338 e. The molecule has 4 heteroatoms. The minimum atomic E-state index is -0.511. The lowest BCUT2D eigenvalue weighted by molar-refractivity contribution is 0.00696. The van der Waals surface area contributed by atoms with Crippen LogP contribution in [0.4, 0.5) is 17.1 Å². The summed E-state index contributed by atoms with van der Waals surface area (Å²) in [7, 11) is 0. The molecule has 0 unspecified atom stereocenters. The maximum Gasteiger partial charge on any atom is 0.338 e. The number of hydrogen-bond acceptors (Lipinski definition) is 4. The molecule has 1 aliphatic rings. The van der Waals surface area contributed by atoms with Crippen LogP contribution in [-0.2, 0) is 4.74 Å². The number of ether oxygens (including phenoxy) is 1. The summed E-state index contributed by atoms with van der Waals surface area (Å²) in [5.41, 5.74) is 2.96. The van der Waals surface area contributed by atoms with Crippen LogP contribution in [-0.4, -0.2) is 17.6 Å². The third-order valence-electron chi connectivity index (χ3n) is 4.67. The van der Waals surface area contributed by atoms with Crippen LogP contribution in [0, 0.1) is 0 Å². The molecular weight excluding hydrogens is 336 g/mol. The first kappa shape index (κ1) is 19.3. The van der Waals surface area contributed by atoms with Crippen molar-refractivity contribution in [2.24, 2.45) is 0 Å². The van der Waals surface area contributed by atoms with Crippen molar-refractivity contribution >= 4 is 23.0 Å². The molecule has 0 amide bonds. The highest BCUT2D eigenvalue weighted by Crippen LogP contribution is 2.30. The first-order valence-electron chi connectivity index (χ1n) is 9.87. The van der Waals surface area contributed by atoms with Gasteiger partial charge in [-0.05, 0) is 63.9 Å². The maximum absolute atomic E-state index is 12.5. The Morgan fingerprint density at radius 1 is 0.963 bits per heavy atom. The molecule has 27 heavy (non-hydrogen) atoms. The quantitative estimate of drug-likeness (QED) is 0.625. The summed E-state index contributed by atoms with van der Waals surface area (Å²) in [6, 6.07) is 16.2. The van der Waals surface area contributed by atoms with Crippen molar-refractivity contribution < 1.29 is 9.53 Å². The minimum Gasteiger partial charge on any atom is -0.456 e. The summed E-state index contributed by atoms with van der Waals surface area (Å²) in [5.74, 6) is -0.303. The molecule has 2 aromatic rings. The lowest BCUT2D eigenvalue weighted by Gasteiger charge is -2.26. The van der Waals surface area contributed by atoms with E-state index in [4.69, 9.17) is 4.74 Å². The Morgan fingerprint density at radius 2 is 1.67 bits per heavy atom. The normalized spacial score (nSPS) is 15.2. The molecule has 0 radical (unpaired) electrons. The Labute approximate surface area is 162 Å². The van der Waals surface area contributed by atoms with Crippen LogP contribution in [0.1, 0.15) is 63.2 Å². The van der Waals surface area contributed by atoms with E-state index >= 15 is 0 Å². The monoisotopic (exact) mass is 366 g/mol. The average molecular weight is 367 g/mol. The zero-order valence-corrected chi connectivity index (χ0v) is 16.5. The zero-order valence-electron chi connectivity index (χ0n) is 16.5. The fourth-order valence-corrected chi connectivity index (χ4v) is 3.38. The second-order valence-corrected chi connectivity index (χ2v) is 8.23. The number of carbonyl (C=O) groups is 1. The summed E-state index contributed by atoms with van der Waals surface area (Å²) in [6.07, 6.45) is 6.26. The molecule has 1 saturated carbocycles. The molecule has 1 aliphatic carbocycles. The Hall–Kier alpha value is -2.49. The first-order chi connectivity index (χ1) is 12.9. The van der Waals surface area contributed by atoms with Crippen LogP contribution in [0.5, 0.6) is 0 Å². The van der Waals surface area contributed by atoms with Gasteiger partial charge in [-0.2, -0.15) is 0 Å². The molecule has 0 heterocycles. The third kappa shape index (κ3) is 5.75. The van der Waals surface area contributed by atoms with Crippen LogP contribution in [0.15, 0.2) is 48.5 Å². The summed E-state index contributed by atoms with van der Waals surface area (Å²) in [5, 5.41) is 7.12. The fourth-order valence-electron chi connectivity index (χ4n) is 3.38. The van der Waals surface area contributed by atoms with Gasteiger partial charge in [0.25, 0.3) is 0 Å². The highest BCUT2D eigenvalue weighted by molar-refractivity contribution is 5.93. The molecule has 1 fully saturated rings. The molecule has 0 aromatic heterocycles. The summed E-state index contributed by atoms with van der Waals surface area (Å²) < 4.78 is 5.53. The summed E-state index contributed by atoms with van der Waals surface area (Å²) in [6.45, 7) is 5.65. The van der Waals surface area contributed by atoms with Gasteiger partial charge >= 0.3 is 5.97 Å². The Kier molecular flexibility index (Phi) is 6.04. The van der Waals surface area contributed by atoms with E-state index < -0.39 is 5.60 Å². The summed E-state index contributed by atoms with van der Waals surface area (Å²) in [4.78, 5) is 12.5. The molecule has 4 nitrogen and oxygen atoms in total. The van der Waals surface area contributed by atoms with E-state index in [9.17, 15) is 4.79 Å². The Balaban J connectivity index is 1.85. The van der Waals surface area contributed by atoms with Crippen molar-refractivity contribution in [3.05, 3.63) is 54.1 Å². The molecule has 0 saturated heterocycles. The van der Waals surface area contributed by atoms with Crippen LogP contribution in [0.2, 0.25) is 0 Å². The predicted molar refractivity (Wildman–Crippen MR) is 112 cm³/mol. The second kappa shape index (κ2) is 8.47. The van der Waals surface area contributed by atoms with Gasteiger partial charge in [0.05, 0.1) is 16.9 Å². The van der Waals surface area contributed by atoms with Gasteiger partial charge in [0.15, 0.2) is 0 Å². The summed E-state index contributed by atoms with van der Waals surface area (Å²) >= 11 is 0. The first-order valence-corrected chi connectivity index (χ1v) is 9.87.